The van der Waals surface area contributed by atoms with E-state index in [1.807, 2.05) is 12.1 Å². The van der Waals surface area contributed by atoms with Crippen LogP contribution in [-0.4, -0.2) is 17.3 Å². The first kappa shape index (κ1) is 15.7. The van der Waals surface area contributed by atoms with Crippen molar-refractivity contribution in [2.45, 2.75) is 19.9 Å². The number of pyridine rings is 1. The minimum absolute atomic E-state index is 0.0803. The Morgan fingerprint density at radius 2 is 1.73 bits per heavy atom. The SMILES string of the molecule is CC(C)[C@H](NC(=O)c1ccc(NC=O)cc1)c1ccncc1. The fourth-order valence-corrected chi connectivity index (χ4v) is 2.22. The summed E-state index contributed by atoms with van der Waals surface area (Å²) in [7, 11) is 0. The number of anilines is 1. The molecule has 2 amide bonds. The van der Waals surface area contributed by atoms with Gasteiger partial charge < -0.3 is 10.6 Å². The summed E-state index contributed by atoms with van der Waals surface area (Å²) in [5.41, 5.74) is 2.23. The van der Waals surface area contributed by atoms with Crippen molar-refractivity contribution >= 4 is 18.0 Å². The third kappa shape index (κ3) is 3.91. The van der Waals surface area contributed by atoms with E-state index in [1.165, 1.54) is 0 Å². The maximum Gasteiger partial charge on any atom is 0.251 e. The molecular weight excluding hydrogens is 278 g/mol. The molecule has 0 saturated heterocycles. The molecule has 2 N–H and O–H groups in total. The van der Waals surface area contributed by atoms with Gasteiger partial charge in [0.15, 0.2) is 0 Å². The third-order valence-corrected chi connectivity index (χ3v) is 3.39. The lowest BCUT2D eigenvalue weighted by Gasteiger charge is -2.22. The smallest absolute Gasteiger partial charge is 0.251 e. The fraction of sp³-hybridized carbons (Fsp3) is 0.235. The van der Waals surface area contributed by atoms with Crippen molar-refractivity contribution in [3.05, 3.63) is 59.9 Å². The van der Waals surface area contributed by atoms with Crippen LogP contribution in [0.3, 0.4) is 0 Å². The van der Waals surface area contributed by atoms with Gasteiger partial charge in [0, 0.05) is 23.6 Å². The summed E-state index contributed by atoms with van der Waals surface area (Å²) in [5.74, 6) is 0.107. The Bertz CT molecular complexity index is 624. The number of carbonyl (C=O) groups excluding carboxylic acids is 2. The second kappa shape index (κ2) is 7.36. The first-order valence-electron chi connectivity index (χ1n) is 7.13. The molecule has 0 unspecified atom stereocenters. The molecule has 5 nitrogen and oxygen atoms in total. The number of carbonyl (C=O) groups is 2. The van der Waals surface area contributed by atoms with Crippen LogP contribution in [0.25, 0.3) is 0 Å². The zero-order chi connectivity index (χ0) is 15.9. The summed E-state index contributed by atoms with van der Waals surface area (Å²) in [6.45, 7) is 4.12. The Hall–Kier alpha value is -2.69. The molecule has 0 fully saturated rings. The number of rotatable bonds is 6. The number of benzene rings is 1. The van der Waals surface area contributed by atoms with Gasteiger partial charge in [-0.3, -0.25) is 14.6 Å². The molecule has 1 heterocycles. The van der Waals surface area contributed by atoms with Crippen LogP contribution >= 0.6 is 0 Å². The molecule has 22 heavy (non-hydrogen) atoms. The van der Waals surface area contributed by atoms with Crippen LogP contribution in [0.1, 0.15) is 35.8 Å². The van der Waals surface area contributed by atoms with E-state index in [2.05, 4.69) is 29.5 Å². The van der Waals surface area contributed by atoms with Gasteiger partial charge in [-0.15, -0.1) is 0 Å². The zero-order valence-electron chi connectivity index (χ0n) is 12.6. The van der Waals surface area contributed by atoms with Gasteiger partial charge in [-0.25, -0.2) is 0 Å². The molecule has 0 saturated carbocycles. The van der Waals surface area contributed by atoms with Crippen molar-refractivity contribution in [1.29, 1.82) is 0 Å². The number of nitrogens with zero attached hydrogens (tertiary/aromatic N) is 1. The first-order chi connectivity index (χ1) is 10.6. The zero-order valence-corrected chi connectivity index (χ0v) is 12.6. The second-order valence-electron chi connectivity index (χ2n) is 5.32. The van der Waals surface area contributed by atoms with Gasteiger partial charge in [-0.05, 0) is 47.9 Å². The van der Waals surface area contributed by atoms with Crippen molar-refractivity contribution in [2.75, 3.05) is 5.32 Å². The highest BCUT2D eigenvalue weighted by Gasteiger charge is 2.18. The van der Waals surface area contributed by atoms with E-state index in [0.717, 1.165) is 5.56 Å². The van der Waals surface area contributed by atoms with E-state index < -0.39 is 0 Å². The minimum atomic E-state index is -0.145. The van der Waals surface area contributed by atoms with E-state index >= 15 is 0 Å². The van der Waals surface area contributed by atoms with Crippen LogP contribution in [-0.2, 0) is 4.79 Å². The van der Waals surface area contributed by atoms with E-state index in [1.54, 1.807) is 36.7 Å². The number of nitrogens with one attached hydrogen (secondary N) is 2. The summed E-state index contributed by atoms with van der Waals surface area (Å²) in [5, 5.41) is 5.58. The Morgan fingerprint density at radius 3 is 2.27 bits per heavy atom. The second-order valence-corrected chi connectivity index (χ2v) is 5.32. The van der Waals surface area contributed by atoms with E-state index in [9.17, 15) is 9.59 Å². The van der Waals surface area contributed by atoms with Gasteiger partial charge >= 0.3 is 0 Å². The highest BCUT2D eigenvalue weighted by atomic mass is 16.1. The number of hydrogen-bond acceptors (Lipinski definition) is 3. The standard InChI is InChI=1S/C17H19N3O2/c1-12(2)16(13-7-9-18-10-8-13)20-17(22)14-3-5-15(6-4-14)19-11-21/h3-12,16H,1-2H3,(H,19,21)(H,20,22)/t16-/m0/s1. The summed E-state index contributed by atoms with van der Waals surface area (Å²) in [6.07, 6.45) is 4.04. The van der Waals surface area contributed by atoms with Crippen molar-refractivity contribution in [3.8, 4) is 0 Å². The molecule has 0 aliphatic rings. The lowest BCUT2D eigenvalue weighted by molar-refractivity contribution is -0.105. The van der Waals surface area contributed by atoms with Gasteiger partial charge in [0.1, 0.15) is 0 Å². The Balaban J connectivity index is 2.13. The molecule has 1 aromatic carbocycles. The molecule has 2 rings (SSSR count). The quantitative estimate of drug-likeness (QED) is 0.805. The van der Waals surface area contributed by atoms with E-state index in [-0.39, 0.29) is 17.9 Å². The maximum atomic E-state index is 12.4. The van der Waals surface area contributed by atoms with Crippen LogP contribution in [0, 0.1) is 5.92 Å². The lowest BCUT2D eigenvalue weighted by atomic mass is 9.96. The number of hydrogen-bond donors (Lipinski definition) is 2. The molecule has 0 bridgehead atoms. The predicted octanol–water partition coefficient (Wildman–Crippen LogP) is 2.78. The monoisotopic (exact) mass is 297 g/mol. The normalized spacial score (nSPS) is 11.8. The summed E-state index contributed by atoms with van der Waals surface area (Å²) in [4.78, 5) is 26.8. The van der Waals surface area contributed by atoms with Crippen molar-refractivity contribution < 1.29 is 9.59 Å². The molecule has 1 atom stereocenters. The Morgan fingerprint density at radius 1 is 1.09 bits per heavy atom. The third-order valence-electron chi connectivity index (χ3n) is 3.39. The highest BCUT2D eigenvalue weighted by Crippen LogP contribution is 2.21. The van der Waals surface area contributed by atoms with Crippen molar-refractivity contribution in [2.24, 2.45) is 5.92 Å². The average Bonchev–Trinajstić information content (AvgIpc) is 2.54. The van der Waals surface area contributed by atoms with Crippen LogP contribution in [0.15, 0.2) is 48.8 Å². The largest absolute Gasteiger partial charge is 0.345 e. The first-order valence-corrected chi connectivity index (χ1v) is 7.13. The van der Waals surface area contributed by atoms with Gasteiger partial charge in [0.25, 0.3) is 5.91 Å². The Labute approximate surface area is 129 Å². The highest BCUT2D eigenvalue weighted by molar-refractivity contribution is 5.95. The Kier molecular flexibility index (Phi) is 5.25. The van der Waals surface area contributed by atoms with Gasteiger partial charge in [-0.1, -0.05) is 13.8 Å². The van der Waals surface area contributed by atoms with Crippen LogP contribution in [0.5, 0.6) is 0 Å². The molecule has 2 aromatic rings. The molecule has 5 heteroatoms. The molecular formula is C17H19N3O2. The van der Waals surface area contributed by atoms with Gasteiger partial charge in [0.2, 0.25) is 6.41 Å². The fourth-order valence-electron chi connectivity index (χ4n) is 2.22. The van der Waals surface area contributed by atoms with E-state index in [4.69, 9.17) is 0 Å². The molecule has 0 radical (unpaired) electrons. The van der Waals surface area contributed by atoms with Crippen LogP contribution in [0.4, 0.5) is 5.69 Å². The molecule has 0 aliphatic carbocycles. The summed E-state index contributed by atoms with van der Waals surface area (Å²) >= 11 is 0. The lowest BCUT2D eigenvalue weighted by Crippen LogP contribution is -2.31. The predicted molar refractivity (Wildman–Crippen MR) is 85.4 cm³/mol. The van der Waals surface area contributed by atoms with Crippen molar-refractivity contribution in [3.63, 3.8) is 0 Å². The maximum absolute atomic E-state index is 12.4. The number of aromatic nitrogens is 1. The molecule has 114 valence electrons. The average molecular weight is 297 g/mol. The van der Waals surface area contributed by atoms with Gasteiger partial charge in [-0.2, -0.15) is 0 Å². The minimum Gasteiger partial charge on any atom is -0.345 e. The van der Waals surface area contributed by atoms with Crippen LogP contribution in [0.2, 0.25) is 0 Å². The van der Waals surface area contributed by atoms with Gasteiger partial charge in [0.05, 0.1) is 6.04 Å². The topological polar surface area (TPSA) is 71.1 Å². The summed E-state index contributed by atoms with van der Waals surface area (Å²) in [6, 6.07) is 10.5. The number of amides is 2. The summed E-state index contributed by atoms with van der Waals surface area (Å²) < 4.78 is 0. The molecule has 0 aliphatic heterocycles. The molecule has 0 spiro atoms. The van der Waals surface area contributed by atoms with Crippen molar-refractivity contribution in [1.82, 2.24) is 10.3 Å². The van der Waals surface area contributed by atoms with Crippen LogP contribution < -0.4 is 10.6 Å². The molecule has 1 aromatic heterocycles. The van der Waals surface area contributed by atoms with E-state index in [0.29, 0.717) is 17.7 Å².